The van der Waals surface area contributed by atoms with Crippen LogP contribution in [0.15, 0.2) is 10.5 Å². The largest absolute Gasteiger partial charge is 0.466 e. The summed E-state index contributed by atoms with van der Waals surface area (Å²) >= 11 is 0. The van der Waals surface area contributed by atoms with Gasteiger partial charge in [-0.3, -0.25) is 0 Å². The number of hydrogen-bond acceptors (Lipinski definition) is 4. The molecule has 1 aromatic rings. The molecule has 1 aromatic heterocycles. The van der Waals surface area contributed by atoms with E-state index in [2.05, 4.69) is 6.07 Å². The average molecular weight is 265 g/mol. The second kappa shape index (κ2) is 4.93. The van der Waals surface area contributed by atoms with Crippen molar-refractivity contribution in [1.29, 1.82) is 0 Å². The lowest BCUT2D eigenvalue weighted by Gasteiger charge is -2.39. The van der Waals surface area contributed by atoms with Crippen molar-refractivity contribution >= 4 is 0 Å². The summed E-state index contributed by atoms with van der Waals surface area (Å²) in [7, 11) is 0. The van der Waals surface area contributed by atoms with E-state index in [-0.39, 0.29) is 11.6 Å². The molecule has 106 valence electrons. The van der Waals surface area contributed by atoms with E-state index in [0.717, 1.165) is 56.2 Å². The molecule has 2 aliphatic rings. The third kappa shape index (κ3) is 2.45. The minimum absolute atomic E-state index is 0.0406. The van der Waals surface area contributed by atoms with Gasteiger partial charge in [-0.15, -0.1) is 0 Å². The van der Waals surface area contributed by atoms with E-state index in [1.54, 1.807) is 0 Å². The first-order valence-electron chi connectivity index (χ1n) is 7.14. The number of furan rings is 1. The third-order valence-electron chi connectivity index (χ3n) is 4.54. The van der Waals surface area contributed by atoms with Crippen molar-refractivity contribution in [3.63, 3.8) is 0 Å². The van der Waals surface area contributed by atoms with Crippen molar-refractivity contribution in [2.45, 2.75) is 44.8 Å². The quantitative estimate of drug-likeness (QED) is 0.892. The standard InChI is InChI=1S/C15H23NO3/c1-10-7-13(11(2)19-10)14(16)12-3-5-18-15(8-12)4-6-17-9-15/h7,12,14H,3-6,8-9,16H2,1-2H3. The van der Waals surface area contributed by atoms with E-state index in [9.17, 15) is 0 Å². The van der Waals surface area contributed by atoms with Crippen molar-refractivity contribution in [2.24, 2.45) is 11.7 Å². The molecule has 1 spiro atoms. The van der Waals surface area contributed by atoms with Gasteiger partial charge in [0.15, 0.2) is 0 Å². The van der Waals surface area contributed by atoms with Crippen LogP contribution in [0.1, 0.15) is 42.4 Å². The minimum atomic E-state index is -0.0762. The summed E-state index contributed by atoms with van der Waals surface area (Å²) in [5.74, 6) is 2.34. The molecule has 2 fully saturated rings. The molecule has 3 rings (SSSR count). The fourth-order valence-corrected chi connectivity index (χ4v) is 3.47. The van der Waals surface area contributed by atoms with Gasteiger partial charge in [0, 0.05) is 31.2 Å². The Morgan fingerprint density at radius 1 is 1.37 bits per heavy atom. The Labute approximate surface area is 114 Å². The number of nitrogens with two attached hydrogens (primary N) is 1. The lowest BCUT2D eigenvalue weighted by molar-refractivity contribution is -0.101. The molecule has 0 aromatic carbocycles. The minimum Gasteiger partial charge on any atom is -0.466 e. The molecule has 0 amide bonds. The van der Waals surface area contributed by atoms with Crippen LogP contribution in [0.4, 0.5) is 0 Å². The highest BCUT2D eigenvalue weighted by atomic mass is 16.6. The molecule has 3 heterocycles. The van der Waals surface area contributed by atoms with E-state index in [0.29, 0.717) is 5.92 Å². The van der Waals surface area contributed by atoms with Crippen LogP contribution in [0, 0.1) is 19.8 Å². The fourth-order valence-electron chi connectivity index (χ4n) is 3.47. The Kier molecular flexibility index (Phi) is 3.41. The number of rotatable bonds is 2. The van der Waals surface area contributed by atoms with Gasteiger partial charge >= 0.3 is 0 Å². The van der Waals surface area contributed by atoms with Gasteiger partial charge in [0.05, 0.1) is 12.2 Å². The molecular formula is C15H23NO3. The normalized spacial score (nSPS) is 32.9. The maximum Gasteiger partial charge on any atom is 0.105 e. The Bertz CT molecular complexity index is 448. The number of hydrogen-bond donors (Lipinski definition) is 1. The lowest BCUT2D eigenvalue weighted by Crippen LogP contribution is -2.43. The fraction of sp³-hybridized carbons (Fsp3) is 0.733. The Morgan fingerprint density at radius 2 is 2.21 bits per heavy atom. The first-order valence-corrected chi connectivity index (χ1v) is 7.14. The van der Waals surface area contributed by atoms with E-state index in [1.165, 1.54) is 0 Å². The summed E-state index contributed by atoms with van der Waals surface area (Å²) in [6, 6.07) is 2.12. The molecule has 4 heteroatoms. The van der Waals surface area contributed by atoms with Crippen molar-refractivity contribution in [1.82, 2.24) is 0 Å². The molecule has 3 atom stereocenters. The van der Waals surface area contributed by atoms with Crippen LogP contribution in [0.25, 0.3) is 0 Å². The van der Waals surface area contributed by atoms with Gasteiger partial charge in [0.2, 0.25) is 0 Å². The molecular weight excluding hydrogens is 242 g/mol. The van der Waals surface area contributed by atoms with Crippen LogP contribution in [0.2, 0.25) is 0 Å². The average Bonchev–Trinajstić information content (AvgIpc) is 2.96. The zero-order valence-electron chi connectivity index (χ0n) is 11.8. The monoisotopic (exact) mass is 265 g/mol. The summed E-state index contributed by atoms with van der Waals surface area (Å²) in [6.45, 7) is 6.29. The first kappa shape index (κ1) is 13.2. The van der Waals surface area contributed by atoms with Gasteiger partial charge in [0.1, 0.15) is 11.5 Å². The molecule has 0 saturated carbocycles. The van der Waals surface area contributed by atoms with Crippen LogP contribution < -0.4 is 5.73 Å². The zero-order chi connectivity index (χ0) is 13.5. The second-order valence-electron chi connectivity index (χ2n) is 5.98. The molecule has 4 nitrogen and oxygen atoms in total. The molecule has 2 saturated heterocycles. The zero-order valence-corrected chi connectivity index (χ0v) is 11.8. The van der Waals surface area contributed by atoms with Gasteiger partial charge in [0.25, 0.3) is 0 Å². The highest BCUT2D eigenvalue weighted by Gasteiger charge is 2.42. The highest BCUT2D eigenvalue weighted by Crippen LogP contribution is 2.40. The van der Waals surface area contributed by atoms with Crippen molar-refractivity contribution in [2.75, 3.05) is 19.8 Å². The summed E-state index contributed by atoms with van der Waals surface area (Å²) in [4.78, 5) is 0. The van der Waals surface area contributed by atoms with E-state index >= 15 is 0 Å². The molecule has 2 N–H and O–H groups in total. The number of aryl methyl sites for hydroxylation is 2. The summed E-state index contributed by atoms with van der Waals surface area (Å²) in [6.07, 6.45) is 3.02. The van der Waals surface area contributed by atoms with E-state index in [4.69, 9.17) is 19.6 Å². The van der Waals surface area contributed by atoms with Crippen LogP contribution in [-0.4, -0.2) is 25.4 Å². The molecule has 0 bridgehead atoms. The van der Waals surface area contributed by atoms with Crippen molar-refractivity contribution in [3.8, 4) is 0 Å². The van der Waals surface area contributed by atoms with Gasteiger partial charge in [-0.2, -0.15) is 0 Å². The molecule has 0 aliphatic carbocycles. The summed E-state index contributed by atoms with van der Waals surface area (Å²) < 4.78 is 17.1. The summed E-state index contributed by atoms with van der Waals surface area (Å²) in [5.41, 5.74) is 7.55. The predicted octanol–water partition coefficient (Wildman–Crippen LogP) is 2.48. The highest BCUT2D eigenvalue weighted by molar-refractivity contribution is 5.24. The van der Waals surface area contributed by atoms with Gasteiger partial charge in [-0.25, -0.2) is 0 Å². The van der Waals surface area contributed by atoms with Crippen LogP contribution in [0.5, 0.6) is 0 Å². The van der Waals surface area contributed by atoms with Crippen molar-refractivity contribution in [3.05, 3.63) is 23.2 Å². The molecule has 19 heavy (non-hydrogen) atoms. The Hall–Kier alpha value is -0.840. The van der Waals surface area contributed by atoms with E-state index < -0.39 is 0 Å². The molecule has 0 radical (unpaired) electrons. The Morgan fingerprint density at radius 3 is 2.84 bits per heavy atom. The topological polar surface area (TPSA) is 57.6 Å². The van der Waals surface area contributed by atoms with Gasteiger partial charge < -0.3 is 19.6 Å². The maximum atomic E-state index is 6.48. The SMILES string of the molecule is Cc1cc(C(N)C2CCOC3(CCOC3)C2)c(C)o1. The first-order chi connectivity index (χ1) is 9.10. The smallest absolute Gasteiger partial charge is 0.105 e. The summed E-state index contributed by atoms with van der Waals surface area (Å²) in [5, 5.41) is 0. The molecule has 2 aliphatic heterocycles. The van der Waals surface area contributed by atoms with Crippen LogP contribution >= 0.6 is 0 Å². The maximum absolute atomic E-state index is 6.48. The predicted molar refractivity (Wildman–Crippen MR) is 72.0 cm³/mol. The van der Waals surface area contributed by atoms with Crippen molar-refractivity contribution < 1.29 is 13.9 Å². The lowest BCUT2D eigenvalue weighted by atomic mass is 9.79. The second-order valence-corrected chi connectivity index (χ2v) is 5.98. The van der Waals surface area contributed by atoms with Gasteiger partial charge in [-0.05, 0) is 38.7 Å². The van der Waals surface area contributed by atoms with Crippen LogP contribution in [-0.2, 0) is 9.47 Å². The third-order valence-corrected chi connectivity index (χ3v) is 4.54. The number of ether oxygens (including phenoxy) is 2. The van der Waals surface area contributed by atoms with Crippen LogP contribution in [0.3, 0.4) is 0 Å². The molecule has 3 unspecified atom stereocenters. The van der Waals surface area contributed by atoms with Gasteiger partial charge in [-0.1, -0.05) is 0 Å². The van der Waals surface area contributed by atoms with E-state index in [1.807, 2.05) is 13.8 Å². The Balaban J connectivity index is 1.76.